The van der Waals surface area contributed by atoms with E-state index in [0.29, 0.717) is 12.0 Å². The van der Waals surface area contributed by atoms with Gasteiger partial charge in [-0.2, -0.15) is 0 Å². The molecule has 0 saturated carbocycles. The molecule has 2 nitrogen and oxygen atoms in total. The van der Waals surface area contributed by atoms with Gasteiger partial charge in [-0.25, -0.2) is 0 Å². The largest absolute Gasteiger partial charge is 0.369 e. The lowest BCUT2D eigenvalue weighted by Crippen LogP contribution is -2.40. The van der Waals surface area contributed by atoms with E-state index in [9.17, 15) is 0 Å². The van der Waals surface area contributed by atoms with Crippen LogP contribution in [0.3, 0.4) is 0 Å². The van der Waals surface area contributed by atoms with Gasteiger partial charge in [-0.05, 0) is 62.3 Å². The van der Waals surface area contributed by atoms with E-state index in [2.05, 4.69) is 63.0 Å². The fraction of sp³-hybridized carbons (Fsp3) is 0.684. The predicted molar refractivity (Wildman–Crippen MR) is 92.9 cm³/mol. The highest BCUT2D eigenvalue weighted by atomic mass is 15.2. The zero-order valence-corrected chi connectivity index (χ0v) is 14.4. The third-order valence-corrected chi connectivity index (χ3v) is 4.59. The number of piperidine rings is 1. The zero-order chi connectivity index (χ0) is 15.4. The highest BCUT2D eigenvalue weighted by molar-refractivity contribution is 5.55. The van der Waals surface area contributed by atoms with Crippen molar-refractivity contribution in [2.24, 2.45) is 11.8 Å². The average Bonchev–Trinajstić information content (AvgIpc) is 2.39. The van der Waals surface area contributed by atoms with Crippen molar-refractivity contribution in [2.45, 2.75) is 60.0 Å². The van der Waals surface area contributed by atoms with Crippen molar-refractivity contribution in [3.8, 4) is 0 Å². The SMILES string of the molecule is Cc1cc(CNCC(C)C)ccc1N1CCC(C)CC1C. The Morgan fingerprint density at radius 3 is 2.67 bits per heavy atom. The molecule has 2 unspecified atom stereocenters. The second-order valence-electron chi connectivity index (χ2n) is 7.32. The topological polar surface area (TPSA) is 15.3 Å². The van der Waals surface area contributed by atoms with E-state index >= 15 is 0 Å². The van der Waals surface area contributed by atoms with E-state index in [1.165, 1.54) is 36.2 Å². The highest BCUT2D eigenvalue weighted by Gasteiger charge is 2.23. The Balaban J connectivity index is 2.02. The Hall–Kier alpha value is -1.02. The molecule has 118 valence electrons. The molecule has 1 aromatic rings. The van der Waals surface area contributed by atoms with Gasteiger partial charge in [-0.1, -0.05) is 32.9 Å². The van der Waals surface area contributed by atoms with Crippen LogP contribution in [-0.2, 0) is 6.54 Å². The summed E-state index contributed by atoms with van der Waals surface area (Å²) in [4.78, 5) is 2.60. The molecule has 21 heavy (non-hydrogen) atoms. The van der Waals surface area contributed by atoms with Gasteiger partial charge in [0.2, 0.25) is 0 Å². The lowest BCUT2D eigenvalue weighted by Gasteiger charge is -2.39. The summed E-state index contributed by atoms with van der Waals surface area (Å²) >= 11 is 0. The van der Waals surface area contributed by atoms with Crippen molar-refractivity contribution >= 4 is 5.69 Å². The summed E-state index contributed by atoms with van der Waals surface area (Å²) in [6.07, 6.45) is 2.64. The van der Waals surface area contributed by atoms with E-state index in [-0.39, 0.29) is 0 Å². The molecular weight excluding hydrogens is 256 g/mol. The van der Waals surface area contributed by atoms with Crippen LogP contribution in [0.4, 0.5) is 5.69 Å². The van der Waals surface area contributed by atoms with Gasteiger partial charge in [0.05, 0.1) is 0 Å². The van der Waals surface area contributed by atoms with E-state index in [1.807, 2.05) is 0 Å². The molecule has 0 spiro atoms. The summed E-state index contributed by atoms with van der Waals surface area (Å²) in [5.41, 5.74) is 4.25. The van der Waals surface area contributed by atoms with Crippen molar-refractivity contribution in [3.05, 3.63) is 29.3 Å². The Bertz CT molecular complexity index is 453. The highest BCUT2D eigenvalue weighted by Crippen LogP contribution is 2.30. The molecule has 1 heterocycles. The van der Waals surface area contributed by atoms with Gasteiger partial charge in [-0.3, -0.25) is 0 Å². The first-order valence-electron chi connectivity index (χ1n) is 8.54. The Morgan fingerprint density at radius 2 is 2.05 bits per heavy atom. The molecule has 2 rings (SSSR count). The monoisotopic (exact) mass is 288 g/mol. The molecule has 0 bridgehead atoms. The van der Waals surface area contributed by atoms with Crippen molar-refractivity contribution in [3.63, 3.8) is 0 Å². The van der Waals surface area contributed by atoms with Gasteiger partial charge in [0.15, 0.2) is 0 Å². The maximum absolute atomic E-state index is 3.53. The fourth-order valence-electron chi connectivity index (χ4n) is 3.42. The summed E-state index contributed by atoms with van der Waals surface area (Å²) in [7, 11) is 0. The van der Waals surface area contributed by atoms with Crippen LogP contribution in [-0.4, -0.2) is 19.1 Å². The number of benzene rings is 1. The van der Waals surface area contributed by atoms with Crippen molar-refractivity contribution in [1.29, 1.82) is 0 Å². The average molecular weight is 288 g/mol. The van der Waals surface area contributed by atoms with Crippen LogP contribution in [0.25, 0.3) is 0 Å². The van der Waals surface area contributed by atoms with Gasteiger partial charge in [0.1, 0.15) is 0 Å². The van der Waals surface area contributed by atoms with E-state index in [4.69, 9.17) is 0 Å². The van der Waals surface area contributed by atoms with Gasteiger partial charge >= 0.3 is 0 Å². The molecule has 1 fully saturated rings. The molecule has 0 radical (unpaired) electrons. The number of hydrogen-bond acceptors (Lipinski definition) is 2. The maximum Gasteiger partial charge on any atom is 0.0398 e. The summed E-state index contributed by atoms with van der Waals surface area (Å²) in [6, 6.07) is 7.64. The van der Waals surface area contributed by atoms with Crippen LogP contribution in [0.2, 0.25) is 0 Å². The van der Waals surface area contributed by atoms with Crippen LogP contribution in [0.5, 0.6) is 0 Å². The first kappa shape index (κ1) is 16.4. The number of rotatable bonds is 5. The lowest BCUT2D eigenvalue weighted by molar-refractivity contribution is 0.377. The Labute approximate surface area is 130 Å². The van der Waals surface area contributed by atoms with Crippen LogP contribution < -0.4 is 10.2 Å². The van der Waals surface area contributed by atoms with Crippen LogP contribution in [0.1, 0.15) is 51.7 Å². The normalized spacial score (nSPS) is 22.9. The molecule has 1 saturated heterocycles. The van der Waals surface area contributed by atoms with Gasteiger partial charge in [0.25, 0.3) is 0 Å². The molecule has 1 N–H and O–H groups in total. The number of hydrogen-bond donors (Lipinski definition) is 1. The number of anilines is 1. The minimum atomic E-state index is 0.664. The van der Waals surface area contributed by atoms with E-state index < -0.39 is 0 Å². The molecule has 2 heteroatoms. The smallest absolute Gasteiger partial charge is 0.0398 e. The van der Waals surface area contributed by atoms with Gasteiger partial charge in [0, 0.05) is 24.8 Å². The summed E-state index contributed by atoms with van der Waals surface area (Å²) in [5.74, 6) is 1.58. The maximum atomic E-state index is 3.53. The third-order valence-electron chi connectivity index (χ3n) is 4.59. The Morgan fingerprint density at radius 1 is 1.29 bits per heavy atom. The third kappa shape index (κ3) is 4.47. The molecule has 2 atom stereocenters. The van der Waals surface area contributed by atoms with E-state index in [1.54, 1.807) is 0 Å². The molecule has 1 aliphatic rings. The van der Waals surface area contributed by atoms with Crippen molar-refractivity contribution < 1.29 is 0 Å². The second kappa shape index (κ2) is 7.31. The standard InChI is InChI=1S/C19H32N2/c1-14(2)12-20-13-18-6-7-19(16(4)11-18)21-9-8-15(3)10-17(21)5/h6-7,11,14-15,17,20H,8-10,12-13H2,1-5H3. The summed E-state index contributed by atoms with van der Waals surface area (Å²) in [5, 5.41) is 3.53. The van der Waals surface area contributed by atoms with Gasteiger partial charge in [-0.15, -0.1) is 0 Å². The minimum Gasteiger partial charge on any atom is -0.369 e. The molecule has 0 aromatic heterocycles. The quantitative estimate of drug-likeness (QED) is 0.865. The Kier molecular flexibility index (Phi) is 5.69. The lowest BCUT2D eigenvalue weighted by atomic mass is 9.92. The first-order valence-corrected chi connectivity index (χ1v) is 8.54. The summed E-state index contributed by atoms with van der Waals surface area (Å²) < 4.78 is 0. The van der Waals surface area contributed by atoms with Crippen LogP contribution >= 0.6 is 0 Å². The molecule has 0 amide bonds. The van der Waals surface area contributed by atoms with Crippen LogP contribution in [0, 0.1) is 18.8 Å². The van der Waals surface area contributed by atoms with E-state index in [0.717, 1.165) is 19.0 Å². The molecular formula is C19H32N2. The molecule has 0 aliphatic carbocycles. The first-order chi connectivity index (χ1) is 9.97. The number of nitrogens with zero attached hydrogens (tertiary/aromatic N) is 1. The molecule has 1 aromatic carbocycles. The zero-order valence-electron chi connectivity index (χ0n) is 14.4. The summed E-state index contributed by atoms with van der Waals surface area (Å²) in [6.45, 7) is 14.8. The number of aryl methyl sites for hydroxylation is 1. The minimum absolute atomic E-state index is 0.664. The predicted octanol–water partition coefficient (Wildman–Crippen LogP) is 4.37. The molecule has 1 aliphatic heterocycles. The van der Waals surface area contributed by atoms with Gasteiger partial charge < -0.3 is 10.2 Å². The van der Waals surface area contributed by atoms with Crippen molar-refractivity contribution in [1.82, 2.24) is 5.32 Å². The fourth-order valence-corrected chi connectivity index (χ4v) is 3.42. The second-order valence-corrected chi connectivity index (χ2v) is 7.32. The van der Waals surface area contributed by atoms with Crippen LogP contribution in [0.15, 0.2) is 18.2 Å². The number of nitrogens with one attached hydrogen (secondary N) is 1. The van der Waals surface area contributed by atoms with Crippen molar-refractivity contribution in [2.75, 3.05) is 18.0 Å².